The van der Waals surface area contributed by atoms with Gasteiger partial charge >= 0.3 is 0 Å². The van der Waals surface area contributed by atoms with Gasteiger partial charge in [-0.25, -0.2) is 13.6 Å². The maximum Gasteiger partial charge on any atom is 0.253 e. The highest BCUT2D eigenvalue weighted by molar-refractivity contribution is 7.91. The Morgan fingerprint density at radius 3 is 2.67 bits per heavy atom. The minimum atomic E-state index is -3.71. The maximum atomic E-state index is 12.2. The first-order chi connectivity index (χ1) is 9.79. The van der Waals surface area contributed by atoms with E-state index < -0.39 is 10.0 Å². The summed E-state index contributed by atoms with van der Waals surface area (Å²) >= 11 is 1.05. The molecule has 21 heavy (non-hydrogen) atoms. The van der Waals surface area contributed by atoms with Gasteiger partial charge < -0.3 is 5.32 Å². The van der Waals surface area contributed by atoms with Gasteiger partial charge in [-0.1, -0.05) is 0 Å². The molecule has 0 saturated heterocycles. The van der Waals surface area contributed by atoms with E-state index in [0.717, 1.165) is 11.3 Å². The maximum absolute atomic E-state index is 12.2. The van der Waals surface area contributed by atoms with Crippen LogP contribution in [0.15, 0.2) is 34.7 Å². The third kappa shape index (κ3) is 3.66. The van der Waals surface area contributed by atoms with E-state index in [0.29, 0.717) is 16.1 Å². The van der Waals surface area contributed by atoms with Crippen LogP contribution in [0.5, 0.6) is 0 Å². The zero-order valence-corrected chi connectivity index (χ0v) is 13.2. The minimum Gasteiger partial charge on any atom is -0.345 e. The van der Waals surface area contributed by atoms with Crippen LogP contribution in [0.1, 0.15) is 33.9 Å². The lowest BCUT2D eigenvalue weighted by molar-refractivity contribution is 0.0939. The number of thiophene rings is 1. The number of hydrogen-bond donors (Lipinski definition) is 2. The number of primary sulfonamides is 1. The number of rotatable bonds is 4. The van der Waals surface area contributed by atoms with E-state index in [1.54, 1.807) is 38.2 Å². The summed E-state index contributed by atoms with van der Waals surface area (Å²) in [5, 5.41) is 7.88. The molecule has 0 bridgehead atoms. The summed E-state index contributed by atoms with van der Waals surface area (Å²) in [6.07, 6.45) is 1.62. The highest BCUT2D eigenvalue weighted by atomic mass is 32.2. The Balaban J connectivity index is 2.15. The summed E-state index contributed by atoms with van der Waals surface area (Å²) in [6, 6.07) is 6.14. The van der Waals surface area contributed by atoms with E-state index in [9.17, 15) is 13.2 Å². The molecule has 0 saturated carbocycles. The molecule has 0 fully saturated rings. The zero-order chi connectivity index (χ0) is 15.6. The largest absolute Gasteiger partial charge is 0.345 e. The molecule has 1 amide bonds. The summed E-state index contributed by atoms with van der Waals surface area (Å²) in [7, 11) is -3.71. The second-order valence-corrected chi connectivity index (χ2v) is 7.44. The second-order valence-electron chi connectivity index (χ2n) is 4.53. The molecule has 0 spiro atoms. The van der Waals surface area contributed by atoms with Gasteiger partial charge in [-0.2, -0.15) is 0 Å². The monoisotopic (exact) mass is 325 g/mol. The van der Waals surface area contributed by atoms with Gasteiger partial charge in [0.15, 0.2) is 0 Å². The molecule has 2 aromatic heterocycles. The third-order valence-corrected chi connectivity index (χ3v) is 5.61. The van der Waals surface area contributed by atoms with E-state index in [-0.39, 0.29) is 16.2 Å². The molecule has 6 nitrogen and oxygen atoms in total. The molecule has 2 heterocycles. The number of amides is 1. The van der Waals surface area contributed by atoms with Crippen LogP contribution in [0.4, 0.5) is 0 Å². The fourth-order valence-electron chi connectivity index (χ4n) is 1.79. The van der Waals surface area contributed by atoms with Crippen LogP contribution in [-0.4, -0.2) is 19.3 Å². The predicted octanol–water partition coefficient (Wildman–Crippen LogP) is 1.59. The number of sulfonamides is 1. The molecular formula is C13H15N3O3S2. The lowest BCUT2D eigenvalue weighted by Gasteiger charge is -2.13. The normalized spacial score (nSPS) is 12.9. The van der Waals surface area contributed by atoms with Crippen molar-refractivity contribution in [3.63, 3.8) is 0 Å². The van der Waals surface area contributed by atoms with E-state index in [1.165, 1.54) is 6.07 Å². The molecule has 0 radical (unpaired) electrons. The van der Waals surface area contributed by atoms with E-state index in [2.05, 4.69) is 10.3 Å². The van der Waals surface area contributed by atoms with Crippen molar-refractivity contribution < 1.29 is 13.2 Å². The fraction of sp³-hybridized carbons (Fsp3) is 0.231. The topological polar surface area (TPSA) is 102 Å². The molecule has 1 unspecified atom stereocenters. The average Bonchev–Trinajstić information content (AvgIpc) is 2.88. The molecule has 1 atom stereocenters. The summed E-state index contributed by atoms with van der Waals surface area (Å²) in [6.45, 7) is 3.53. The van der Waals surface area contributed by atoms with Gasteiger partial charge in [0.1, 0.15) is 4.21 Å². The molecule has 2 rings (SSSR count). The van der Waals surface area contributed by atoms with Crippen LogP contribution < -0.4 is 10.5 Å². The lowest BCUT2D eigenvalue weighted by Crippen LogP contribution is -2.27. The van der Waals surface area contributed by atoms with Gasteiger partial charge in [0, 0.05) is 16.8 Å². The first kappa shape index (κ1) is 15.6. The zero-order valence-electron chi connectivity index (χ0n) is 11.5. The van der Waals surface area contributed by atoms with E-state index >= 15 is 0 Å². The number of nitrogens with zero attached hydrogens (tertiary/aromatic N) is 1. The standard InChI is InChI=1S/C13H15N3O3S2/c1-8-10(4-3-7-15-8)13(17)16-9(2)11-5-6-12(20-11)21(14,18)19/h3-7,9H,1-2H3,(H,16,17)(H2,14,18,19). The van der Waals surface area contributed by atoms with Crippen molar-refractivity contribution >= 4 is 27.3 Å². The molecule has 0 aliphatic rings. The summed E-state index contributed by atoms with van der Waals surface area (Å²) in [5.41, 5.74) is 1.13. The number of nitrogens with two attached hydrogens (primary N) is 1. The summed E-state index contributed by atoms with van der Waals surface area (Å²) in [4.78, 5) is 16.9. The van der Waals surface area contributed by atoms with Crippen LogP contribution in [0.25, 0.3) is 0 Å². The lowest BCUT2D eigenvalue weighted by atomic mass is 10.1. The highest BCUT2D eigenvalue weighted by Crippen LogP contribution is 2.26. The van der Waals surface area contributed by atoms with Crippen LogP contribution in [0.2, 0.25) is 0 Å². The molecular weight excluding hydrogens is 310 g/mol. The van der Waals surface area contributed by atoms with Gasteiger partial charge in [0.2, 0.25) is 10.0 Å². The first-order valence-corrected chi connectivity index (χ1v) is 8.50. The van der Waals surface area contributed by atoms with Crippen molar-refractivity contribution in [2.75, 3.05) is 0 Å². The minimum absolute atomic E-state index is 0.0798. The Hall–Kier alpha value is -1.77. The Morgan fingerprint density at radius 2 is 2.10 bits per heavy atom. The molecule has 0 aliphatic carbocycles. The van der Waals surface area contributed by atoms with Gasteiger partial charge in [0.25, 0.3) is 5.91 Å². The molecule has 8 heteroatoms. The van der Waals surface area contributed by atoms with Crippen molar-refractivity contribution in [2.45, 2.75) is 24.1 Å². The first-order valence-electron chi connectivity index (χ1n) is 6.14. The fourth-order valence-corrected chi connectivity index (χ4v) is 3.54. The van der Waals surface area contributed by atoms with Gasteiger partial charge in [-0.3, -0.25) is 9.78 Å². The van der Waals surface area contributed by atoms with Gasteiger partial charge in [-0.05, 0) is 38.1 Å². The number of pyridine rings is 1. The van der Waals surface area contributed by atoms with Crippen molar-refractivity contribution in [3.8, 4) is 0 Å². The molecule has 3 N–H and O–H groups in total. The third-order valence-electron chi connectivity index (χ3n) is 2.91. The van der Waals surface area contributed by atoms with Crippen molar-refractivity contribution in [3.05, 3.63) is 46.6 Å². The van der Waals surface area contributed by atoms with Gasteiger partial charge in [0.05, 0.1) is 11.6 Å². The van der Waals surface area contributed by atoms with Crippen LogP contribution in [-0.2, 0) is 10.0 Å². The second kappa shape index (κ2) is 5.92. The summed E-state index contributed by atoms with van der Waals surface area (Å²) < 4.78 is 22.6. The average molecular weight is 325 g/mol. The molecule has 0 aromatic carbocycles. The number of carbonyl (C=O) groups is 1. The SMILES string of the molecule is Cc1ncccc1C(=O)NC(C)c1ccc(S(N)(=O)=O)s1. The van der Waals surface area contributed by atoms with Gasteiger partial charge in [-0.15, -0.1) is 11.3 Å². The molecule has 112 valence electrons. The van der Waals surface area contributed by atoms with Crippen LogP contribution in [0, 0.1) is 6.92 Å². The van der Waals surface area contributed by atoms with Crippen molar-refractivity contribution in [1.29, 1.82) is 0 Å². The summed E-state index contributed by atoms with van der Waals surface area (Å²) in [5.74, 6) is -0.251. The smallest absolute Gasteiger partial charge is 0.253 e. The number of carbonyl (C=O) groups excluding carboxylic acids is 1. The molecule has 2 aromatic rings. The predicted molar refractivity (Wildman–Crippen MR) is 80.5 cm³/mol. The molecule has 0 aliphatic heterocycles. The Kier molecular flexibility index (Phi) is 4.40. The quantitative estimate of drug-likeness (QED) is 0.891. The number of aryl methyl sites for hydroxylation is 1. The van der Waals surface area contributed by atoms with Crippen molar-refractivity contribution in [2.24, 2.45) is 5.14 Å². The Bertz CT molecular complexity index is 768. The van der Waals surface area contributed by atoms with Crippen LogP contribution in [0.3, 0.4) is 0 Å². The Labute approximate surface area is 127 Å². The van der Waals surface area contributed by atoms with Crippen LogP contribution >= 0.6 is 11.3 Å². The van der Waals surface area contributed by atoms with Crippen molar-refractivity contribution in [1.82, 2.24) is 10.3 Å². The van der Waals surface area contributed by atoms with E-state index in [1.807, 2.05) is 0 Å². The number of hydrogen-bond acceptors (Lipinski definition) is 5. The number of aromatic nitrogens is 1. The Morgan fingerprint density at radius 1 is 1.38 bits per heavy atom. The van der Waals surface area contributed by atoms with E-state index in [4.69, 9.17) is 5.14 Å². The number of nitrogens with one attached hydrogen (secondary N) is 1. The highest BCUT2D eigenvalue weighted by Gasteiger charge is 2.17.